The zero-order valence-corrected chi connectivity index (χ0v) is 14.5. The van der Waals surface area contributed by atoms with Crippen LogP contribution < -0.4 is 10.6 Å². The molecule has 0 aliphatic carbocycles. The molecule has 136 valence electrons. The van der Waals surface area contributed by atoms with Crippen LogP contribution in [0.3, 0.4) is 0 Å². The first kappa shape index (κ1) is 19.3. The maximum atomic E-state index is 13.9. The first-order chi connectivity index (χ1) is 12.6. The molecular weight excluding hydrogens is 335 g/mol. The van der Waals surface area contributed by atoms with Crippen molar-refractivity contribution in [3.63, 3.8) is 0 Å². The van der Waals surface area contributed by atoms with Crippen LogP contribution in [0.2, 0.25) is 0 Å². The number of methoxy groups -OCH3 is 1. The largest absolute Gasteiger partial charge is 0.385 e. The van der Waals surface area contributed by atoms with E-state index in [9.17, 15) is 14.0 Å². The van der Waals surface area contributed by atoms with Crippen molar-refractivity contribution in [2.45, 2.75) is 6.42 Å². The van der Waals surface area contributed by atoms with Gasteiger partial charge in [-0.25, -0.2) is 4.39 Å². The highest BCUT2D eigenvalue weighted by Crippen LogP contribution is 2.11. The van der Waals surface area contributed by atoms with Crippen molar-refractivity contribution in [3.8, 4) is 0 Å². The Hall–Kier alpha value is -2.99. The van der Waals surface area contributed by atoms with Gasteiger partial charge in [-0.1, -0.05) is 36.4 Å². The molecule has 0 aromatic heterocycles. The van der Waals surface area contributed by atoms with Crippen LogP contribution in [0.4, 0.5) is 4.39 Å². The Morgan fingerprint density at radius 1 is 1.08 bits per heavy atom. The molecule has 2 N–H and O–H groups in total. The zero-order valence-electron chi connectivity index (χ0n) is 14.5. The molecular formula is C20H21FN2O3. The number of carbonyl (C=O) groups excluding carboxylic acids is 2. The van der Waals surface area contributed by atoms with Gasteiger partial charge in [-0.2, -0.15) is 0 Å². The molecule has 0 aliphatic heterocycles. The molecule has 0 saturated heterocycles. The Labute approximate surface area is 151 Å². The van der Waals surface area contributed by atoms with Crippen molar-refractivity contribution in [1.82, 2.24) is 10.6 Å². The standard InChI is InChI=1S/C20H21FN2O3/c1-26-13-7-12-22-20(25)18(14-16-10-5-6-11-17(16)21)23-19(24)15-8-3-2-4-9-15/h2-6,8-11,14H,7,12-13H2,1H3,(H,22,25)(H,23,24). The van der Waals surface area contributed by atoms with Gasteiger partial charge in [-0.05, 0) is 30.7 Å². The molecule has 6 heteroatoms. The Kier molecular flexibility index (Phi) is 7.51. The Balaban J connectivity index is 2.19. The number of nitrogens with one attached hydrogen (secondary N) is 2. The van der Waals surface area contributed by atoms with Gasteiger partial charge in [0.05, 0.1) is 0 Å². The molecule has 0 aliphatic rings. The summed E-state index contributed by atoms with van der Waals surface area (Å²) >= 11 is 0. The average Bonchev–Trinajstić information content (AvgIpc) is 2.66. The van der Waals surface area contributed by atoms with Crippen LogP contribution >= 0.6 is 0 Å². The molecule has 2 aromatic carbocycles. The lowest BCUT2D eigenvalue weighted by atomic mass is 10.1. The number of rotatable bonds is 8. The van der Waals surface area contributed by atoms with Gasteiger partial charge >= 0.3 is 0 Å². The minimum Gasteiger partial charge on any atom is -0.385 e. The summed E-state index contributed by atoms with van der Waals surface area (Å²) in [5, 5.41) is 5.25. The number of hydrogen-bond donors (Lipinski definition) is 2. The molecule has 0 atom stereocenters. The molecule has 0 fully saturated rings. The first-order valence-corrected chi connectivity index (χ1v) is 8.21. The van der Waals surface area contributed by atoms with E-state index in [1.54, 1.807) is 49.6 Å². The van der Waals surface area contributed by atoms with E-state index < -0.39 is 17.6 Å². The Morgan fingerprint density at radius 2 is 1.77 bits per heavy atom. The second-order valence-electron chi connectivity index (χ2n) is 5.50. The van der Waals surface area contributed by atoms with Crippen LogP contribution in [0.15, 0.2) is 60.3 Å². The van der Waals surface area contributed by atoms with E-state index in [2.05, 4.69) is 10.6 Å². The maximum Gasteiger partial charge on any atom is 0.267 e. The molecule has 26 heavy (non-hydrogen) atoms. The molecule has 0 heterocycles. The van der Waals surface area contributed by atoms with Gasteiger partial charge in [0.1, 0.15) is 11.5 Å². The molecule has 0 bridgehead atoms. The lowest BCUT2D eigenvalue weighted by Crippen LogP contribution is -2.35. The van der Waals surface area contributed by atoms with Gasteiger partial charge in [0, 0.05) is 31.4 Å². The topological polar surface area (TPSA) is 67.4 Å². The van der Waals surface area contributed by atoms with Gasteiger partial charge in [0.15, 0.2) is 0 Å². The van der Waals surface area contributed by atoms with E-state index in [4.69, 9.17) is 4.74 Å². The second kappa shape index (κ2) is 10.1. The summed E-state index contributed by atoms with van der Waals surface area (Å²) in [6.45, 7) is 0.880. The van der Waals surface area contributed by atoms with Gasteiger partial charge in [-0.15, -0.1) is 0 Å². The van der Waals surface area contributed by atoms with Crippen molar-refractivity contribution in [2.75, 3.05) is 20.3 Å². The van der Waals surface area contributed by atoms with Crippen LogP contribution in [0.1, 0.15) is 22.3 Å². The van der Waals surface area contributed by atoms with Gasteiger partial charge < -0.3 is 15.4 Å². The van der Waals surface area contributed by atoms with E-state index >= 15 is 0 Å². The highest BCUT2D eigenvalue weighted by atomic mass is 19.1. The Bertz CT molecular complexity index is 776. The minimum atomic E-state index is -0.492. The molecule has 2 rings (SSSR count). The van der Waals surface area contributed by atoms with E-state index in [1.165, 1.54) is 18.2 Å². The molecule has 0 saturated carbocycles. The fourth-order valence-corrected chi connectivity index (χ4v) is 2.20. The molecule has 0 radical (unpaired) electrons. The molecule has 5 nitrogen and oxygen atoms in total. The van der Waals surface area contributed by atoms with Crippen LogP contribution in [0.25, 0.3) is 6.08 Å². The number of benzene rings is 2. The summed E-state index contributed by atoms with van der Waals surface area (Å²) in [6, 6.07) is 14.5. The summed E-state index contributed by atoms with van der Waals surface area (Å²) < 4.78 is 18.9. The second-order valence-corrected chi connectivity index (χ2v) is 5.50. The zero-order chi connectivity index (χ0) is 18.8. The summed E-state index contributed by atoms with van der Waals surface area (Å²) in [4.78, 5) is 24.8. The van der Waals surface area contributed by atoms with Gasteiger partial charge in [0.2, 0.25) is 0 Å². The van der Waals surface area contributed by atoms with E-state index in [0.29, 0.717) is 25.1 Å². The number of carbonyl (C=O) groups is 2. The minimum absolute atomic E-state index is 0.0265. The maximum absolute atomic E-state index is 13.9. The normalized spacial score (nSPS) is 11.1. The predicted octanol–water partition coefficient (Wildman–Crippen LogP) is 2.75. The van der Waals surface area contributed by atoms with Crippen LogP contribution in [-0.2, 0) is 9.53 Å². The van der Waals surface area contributed by atoms with Crippen molar-refractivity contribution in [1.29, 1.82) is 0 Å². The molecule has 2 aromatic rings. The summed E-state index contributed by atoms with van der Waals surface area (Å²) in [6.07, 6.45) is 1.95. The third kappa shape index (κ3) is 5.82. The molecule has 0 spiro atoms. The molecule has 0 unspecified atom stereocenters. The van der Waals surface area contributed by atoms with Crippen molar-refractivity contribution in [2.24, 2.45) is 0 Å². The summed E-state index contributed by atoms with van der Waals surface area (Å²) in [5.74, 6) is -1.42. The van der Waals surface area contributed by atoms with Crippen molar-refractivity contribution >= 4 is 17.9 Å². The van der Waals surface area contributed by atoms with E-state index in [1.807, 2.05) is 0 Å². The third-order valence-corrected chi connectivity index (χ3v) is 3.54. The summed E-state index contributed by atoms with van der Waals surface area (Å²) in [5.41, 5.74) is 0.586. The van der Waals surface area contributed by atoms with Crippen molar-refractivity contribution < 1.29 is 18.7 Å². The van der Waals surface area contributed by atoms with Crippen LogP contribution in [-0.4, -0.2) is 32.1 Å². The average molecular weight is 356 g/mol. The predicted molar refractivity (Wildman–Crippen MR) is 97.8 cm³/mol. The summed E-state index contributed by atoms with van der Waals surface area (Å²) in [7, 11) is 1.57. The number of halogens is 1. The van der Waals surface area contributed by atoms with Crippen molar-refractivity contribution in [3.05, 3.63) is 77.2 Å². The lowest BCUT2D eigenvalue weighted by molar-refractivity contribution is -0.117. The fraction of sp³-hybridized carbons (Fsp3) is 0.200. The number of hydrogen-bond acceptors (Lipinski definition) is 3. The fourth-order valence-electron chi connectivity index (χ4n) is 2.20. The van der Waals surface area contributed by atoms with Gasteiger partial charge in [0.25, 0.3) is 11.8 Å². The quantitative estimate of drug-likeness (QED) is 0.565. The highest BCUT2D eigenvalue weighted by Gasteiger charge is 2.15. The first-order valence-electron chi connectivity index (χ1n) is 8.21. The third-order valence-electron chi connectivity index (χ3n) is 3.54. The smallest absolute Gasteiger partial charge is 0.267 e. The SMILES string of the molecule is COCCCNC(=O)C(=Cc1ccccc1F)NC(=O)c1ccccc1. The van der Waals surface area contributed by atoms with Gasteiger partial charge in [-0.3, -0.25) is 9.59 Å². The number of amides is 2. The monoisotopic (exact) mass is 356 g/mol. The van der Waals surface area contributed by atoms with Crippen LogP contribution in [0.5, 0.6) is 0 Å². The van der Waals surface area contributed by atoms with E-state index in [0.717, 1.165) is 0 Å². The Morgan fingerprint density at radius 3 is 2.46 bits per heavy atom. The lowest BCUT2D eigenvalue weighted by Gasteiger charge is -2.11. The highest BCUT2D eigenvalue weighted by molar-refractivity contribution is 6.05. The molecule has 2 amide bonds. The number of ether oxygens (including phenoxy) is 1. The van der Waals surface area contributed by atoms with E-state index in [-0.39, 0.29) is 11.3 Å². The van der Waals surface area contributed by atoms with Crippen LogP contribution in [0, 0.1) is 5.82 Å².